The molecule has 277 valence electrons. The van der Waals surface area contributed by atoms with Crippen LogP contribution < -0.4 is 0 Å². The van der Waals surface area contributed by atoms with Gasteiger partial charge in [0.2, 0.25) is 0 Å². The number of carbonyl (C=O) groups excluding carboxylic acids is 1. The number of ketones is 1. The molecular weight excluding hydrogens is 855 g/mol. The van der Waals surface area contributed by atoms with Gasteiger partial charge in [0.15, 0.2) is 5.78 Å². The van der Waals surface area contributed by atoms with Crippen molar-refractivity contribution < 1.29 is 30.0 Å². The zero-order valence-corrected chi connectivity index (χ0v) is 36.7. The molecular formula is C46H54IrNO2S2-. The number of thiophene rings is 2. The summed E-state index contributed by atoms with van der Waals surface area (Å²) in [5.41, 5.74) is 5.48. The van der Waals surface area contributed by atoms with Crippen LogP contribution in [0.15, 0.2) is 78.7 Å². The van der Waals surface area contributed by atoms with Gasteiger partial charge < -0.3 is 5.11 Å². The van der Waals surface area contributed by atoms with Crippen LogP contribution in [-0.4, -0.2) is 15.9 Å². The average Bonchev–Trinajstić information content (AvgIpc) is 3.67. The molecule has 52 heavy (non-hydrogen) atoms. The third-order valence-electron chi connectivity index (χ3n) is 11.2. The van der Waals surface area contributed by atoms with Gasteiger partial charge in [0, 0.05) is 68.1 Å². The molecule has 0 amide bonds. The molecule has 6 rings (SSSR count). The van der Waals surface area contributed by atoms with E-state index in [0.29, 0.717) is 0 Å². The molecule has 1 N–H and O–H groups in total. The molecule has 6 aromatic rings. The molecule has 1 radical (unpaired) electrons. The summed E-state index contributed by atoms with van der Waals surface area (Å²) in [6.07, 6.45) is 6.71. The largest absolute Gasteiger partial charge is 0.512 e. The van der Waals surface area contributed by atoms with Crippen LogP contribution in [0.3, 0.4) is 0 Å². The third-order valence-corrected chi connectivity index (χ3v) is 13.6. The molecule has 0 saturated carbocycles. The minimum Gasteiger partial charge on any atom is -0.512 e. The van der Waals surface area contributed by atoms with Gasteiger partial charge in [0.05, 0.1) is 0 Å². The van der Waals surface area contributed by atoms with Gasteiger partial charge in [-0.1, -0.05) is 97.5 Å². The summed E-state index contributed by atoms with van der Waals surface area (Å²) in [4.78, 5) is 19.7. The van der Waals surface area contributed by atoms with E-state index in [-0.39, 0.29) is 47.9 Å². The van der Waals surface area contributed by atoms with Crippen LogP contribution >= 0.6 is 22.7 Å². The van der Waals surface area contributed by atoms with Crippen molar-refractivity contribution in [3.05, 3.63) is 101 Å². The number of rotatable bonds is 9. The summed E-state index contributed by atoms with van der Waals surface area (Å²) in [7, 11) is 0. The normalized spacial score (nSPS) is 12.6. The maximum atomic E-state index is 12.2. The molecule has 3 aromatic heterocycles. The zero-order valence-electron chi connectivity index (χ0n) is 32.7. The molecule has 3 aromatic carbocycles. The quantitative estimate of drug-likeness (QED) is 0.0893. The number of aliphatic hydroxyl groups is 1. The van der Waals surface area contributed by atoms with Gasteiger partial charge in [0.1, 0.15) is 5.76 Å². The Morgan fingerprint density at radius 1 is 0.827 bits per heavy atom. The van der Waals surface area contributed by atoms with E-state index in [9.17, 15) is 9.90 Å². The van der Waals surface area contributed by atoms with Gasteiger partial charge in [-0.2, -0.15) is 0 Å². The van der Waals surface area contributed by atoms with Gasteiger partial charge >= 0.3 is 0 Å². The van der Waals surface area contributed by atoms with Crippen molar-refractivity contribution in [2.45, 2.75) is 107 Å². The Bertz CT molecular complexity index is 2220. The average molecular weight is 909 g/mol. The second-order valence-corrected chi connectivity index (χ2v) is 17.8. The number of benzene rings is 3. The summed E-state index contributed by atoms with van der Waals surface area (Å²) in [5, 5.41) is 15.2. The number of aliphatic hydroxyl groups excluding tert-OH is 1. The third kappa shape index (κ3) is 8.31. The van der Waals surface area contributed by atoms with Gasteiger partial charge in [-0.25, -0.2) is 0 Å². The van der Waals surface area contributed by atoms with Gasteiger partial charge in [-0.3, -0.25) is 9.78 Å². The predicted octanol–water partition coefficient (Wildman–Crippen LogP) is 14.4. The fraction of sp³-hybridized carbons (Fsp3) is 0.391. The van der Waals surface area contributed by atoms with Crippen molar-refractivity contribution in [2.24, 2.45) is 10.8 Å². The van der Waals surface area contributed by atoms with E-state index in [1.807, 2.05) is 70.4 Å². The van der Waals surface area contributed by atoms with Crippen LogP contribution in [0.4, 0.5) is 0 Å². The Morgan fingerprint density at radius 2 is 1.48 bits per heavy atom. The van der Waals surface area contributed by atoms with Gasteiger partial charge in [-0.05, 0) is 91.1 Å². The Hall–Kier alpha value is -3.15. The van der Waals surface area contributed by atoms with Crippen LogP contribution in [-0.2, 0) is 30.3 Å². The number of aryl methyl sites for hydroxylation is 2. The fourth-order valence-electron chi connectivity index (χ4n) is 6.59. The number of fused-ring (bicyclic) bond motifs is 3. The van der Waals surface area contributed by atoms with E-state index < -0.39 is 0 Å². The number of nitrogens with zero attached hydrogens (tertiary/aromatic N) is 1. The van der Waals surface area contributed by atoms with E-state index in [4.69, 9.17) is 4.98 Å². The van der Waals surface area contributed by atoms with E-state index in [1.165, 1.54) is 58.1 Å². The molecule has 0 unspecified atom stereocenters. The van der Waals surface area contributed by atoms with Crippen molar-refractivity contribution >= 4 is 59.4 Å². The molecule has 0 aliphatic carbocycles. The summed E-state index contributed by atoms with van der Waals surface area (Å²) in [5.74, 6) is 0.286. The minimum atomic E-state index is -0.337. The molecule has 0 spiro atoms. The van der Waals surface area contributed by atoms with Crippen molar-refractivity contribution in [2.75, 3.05) is 0 Å². The Morgan fingerprint density at radius 3 is 2.12 bits per heavy atom. The number of hydrogen-bond donors (Lipinski definition) is 1. The van der Waals surface area contributed by atoms with E-state index >= 15 is 0 Å². The van der Waals surface area contributed by atoms with Crippen LogP contribution in [0, 0.1) is 30.7 Å². The molecule has 0 fully saturated rings. The van der Waals surface area contributed by atoms with Gasteiger partial charge in [-0.15, -0.1) is 51.8 Å². The van der Waals surface area contributed by atoms with E-state index in [2.05, 4.69) is 101 Å². The number of aromatic nitrogens is 1. The van der Waals surface area contributed by atoms with Crippen molar-refractivity contribution in [1.29, 1.82) is 0 Å². The second-order valence-electron chi connectivity index (χ2n) is 15.5. The summed E-state index contributed by atoms with van der Waals surface area (Å²) >= 11 is 3.71. The Balaban J connectivity index is 0.000000289. The first kappa shape index (κ1) is 41.6. The van der Waals surface area contributed by atoms with Crippen molar-refractivity contribution in [3.63, 3.8) is 0 Å². The van der Waals surface area contributed by atoms with E-state index in [1.54, 1.807) is 0 Å². The Kier molecular flexibility index (Phi) is 13.2. The van der Waals surface area contributed by atoms with Crippen molar-refractivity contribution in [1.82, 2.24) is 4.98 Å². The molecule has 6 heteroatoms. The predicted molar refractivity (Wildman–Crippen MR) is 223 cm³/mol. The van der Waals surface area contributed by atoms with Crippen molar-refractivity contribution in [3.8, 4) is 21.7 Å². The molecule has 0 aliphatic heterocycles. The molecule has 0 atom stereocenters. The second kappa shape index (κ2) is 16.5. The number of hydrogen-bond acceptors (Lipinski definition) is 5. The first-order valence-corrected chi connectivity index (χ1v) is 20.0. The fourth-order valence-corrected chi connectivity index (χ4v) is 8.80. The molecule has 0 aliphatic rings. The van der Waals surface area contributed by atoms with E-state index in [0.717, 1.165) is 42.3 Å². The molecule has 0 saturated heterocycles. The number of carbonyl (C=O) groups is 1. The molecule has 3 nitrogen and oxygen atoms in total. The Labute approximate surface area is 333 Å². The van der Waals surface area contributed by atoms with Crippen LogP contribution in [0.2, 0.25) is 0 Å². The van der Waals surface area contributed by atoms with Gasteiger partial charge in [0.25, 0.3) is 0 Å². The molecule has 0 bridgehead atoms. The zero-order chi connectivity index (χ0) is 37.3. The van der Waals surface area contributed by atoms with Crippen LogP contribution in [0.25, 0.3) is 52.6 Å². The summed E-state index contributed by atoms with van der Waals surface area (Å²) in [6.45, 7) is 23.3. The van der Waals surface area contributed by atoms with Crippen LogP contribution in [0.1, 0.15) is 104 Å². The number of allylic oxidation sites excluding steroid dienone is 2. The number of pyridine rings is 1. The standard InChI is InChI=1S/C31H26NS2.C15H28O2.Ir/c1-18-14-22-16-21(10-11-27(22)33-18)29-19(2)24-12-13-32-28(30(24)34-29)23-15-20-8-6-7-9-25(20)26(17-23)31(3,4)5;1-7-14(5,8-2)12(16)11-13(17)15(6,9-3)10-4;/h6-14,16-17H,1-5H3;11,16H,7-10H2,1-6H3;/q-1;;/b;12-11-;. The maximum absolute atomic E-state index is 12.2. The van der Waals surface area contributed by atoms with Crippen LogP contribution in [0.5, 0.6) is 0 Å². The smallest absolute Gasteiger partial charge is 0.164 e. The topological polar surface area (TPSA) is 50.2 Å². The first-order chi connectivity index (χ1) is 24.1. The summed E-state index contributed by atoms with van der Waals surface area (Å²) < 4.78 is 2.59. The monoisotopic (exact) mass is 909 g/mol. The minimum absolute atomic E-state index is 0. The molecule has 3 heterocycles. The maximum Gasteiger partial charge on any atom is 0.164 e. The first-order valence-electron chi connectivity index (χ1n) is 18.4. The SMILES string of the molecule is CCC(C)(CC)C(=O)/C=C(\O)C(C)(CC)CC.Cc1cc2cc(-c3sc4c(-c5[c-]c6ccccc6c(C(C)(C)C)c5)nccc4c3C)ccc2s1.[Ir]. The summed E-state index contributed by atoms with van der Waals surface area (Å²) in [6, 6.07) is 25.9.